The van der Waals surface area contributed by atoms with Gasteiger partial charge in [0.25, 0.3) is 0 Å². The van der Waals surface area contributed by atoms with Gasteiger partial charge in [-0.1, -0.05) is 6.08 Å². The van der Waals surface area contributed by atoms with E-state index in [0.29, 0.717) is 18.7 Å². The predicted molar refractivity (Wildman–Crippen MR) is 64.8 cm³/mol. The minimum atomic E-state index is -0.340. The summed E-state index contributed by atoms with van der Waals surface area (Å²) in [4.78, 5) is 13.3. The maximum Gasteiger partial charge on any atom is 0.227 e. The molecule has 1 heterocycles. The lowest BCUT2D eigenvalue weighted by Crippen LogP contribution is -2.24. The molecule has 1 unspecified atom stereocenters. The van der Waals surface area contributed by atoms with Gasteiger partial charge in [0.05, 0.1) is 5.69 Å². The van der Waals surface area contributed by atoms with Crippen molar-refractivity contribution in [2.45, 2.75) is 6.42 Å². The largest absolute Gasteiger partial charge is 0.311 e. The van der Waals surface area contributed by atoms with Crippen molar-refractivity contribution in [3.05, 3.63) is 41.1 Å². The van der Waals surface area contributed by atoms with Crippen LogP contribution >= 0.6 is 15.9 Å². The number of hydrogen-bond acceptors (Lipinski definition) is 1. The molecule has 0 bridgehead atoms. The van der Waals surface area contributed by atoms with E-state index >= 15 is 0 Å². The summed E-state index contributed by atoms with van der Waals surface area (Å²) in [5.74, 6) is -0.174. The van der Waals surface area contributed by atoms with Crippen molar-refractivity contribution in [3.8, 4) is 0 Å². The van der Waals surface area contributed by atoms with Crippen molar-refractivity contribution in [1.82, 2.24) is 0 Å². The molecule has 0 spiro atoms. The highest BCUT2D eigenvalue weighted by Gasteiger charge is 2.29. The summed E-state index contributed by atoms with van der Waals surface area (Å²) in [5.41, 5.74) is 0.592. The average Bonchev–Trinajstić information content (AvgIpc) is 2.63. The fraction of sp³-hybridized carbons (Fsp3) is 0.250. The van der Waals surface area contributed by atoms with Gasteiger partial charge in [0.2, 0.25) is 5.91 Å². The Kier molecular flexibility index (Phi) is 3.10. The average molecular weight is 284 g/mol. The van der Waals surface area contributed by atoms with Gasteiger partial charge in [-0.15, -0.1) is 6.58 Å². The Morgan fingerprint density at radius 2 is 2.31 bits per heavy atom. The molecule has 1 aromatic carbocycles. The maximum absolute atomic E-state index is 13.1. The van der Waals surface area contributed by atoms with Crippen molar-refractivity contribution in [2.75, 3.05) is 11.4 Å². The number of halogens is 2. The molecule has 2 nitrogen and oxygen atoms in total. The van der Waals surface area contributed by atoms with Crippen LogP contribution in [0.1, 0.15) is 6.42 Å². The molecule has 1 saturated heterocycles. The van der Waals surface area contributed by atoms with Gasteiger partial charge in [0.15, 0.2) is 0 Å². The van der Waals surface area contributed by atoms with E-state index in [4.69, 9.17) is 0 Å². The second-order valence-corrected chi connectivity index (χ2v) is 4.65. The van der Waals surface area contributed by atoms with Gasteiger partial charge in [-0.3, -0.25) is 4.79 Å². The number of carbonyl (C=O) groups excluding carboxylic acids is 1. The minimum absolute atomic E-state index is 0.0104. The molecular formula is C12H11BrFNO. The fourth-order valence-electron chi connectivity index (χ4n) is 1.82. The molecule has 0 aliphatic carbocycles. The first-order valence-corrected chi connectivity index (χ1v) is 5.79. The topological polar surface area (TPSA) is 20.3 Å². The minimum Gasteiger partial charge on any atom is -0.311 e. The second kappa shape index (κ2) is 4.37. The lowest BCUT2D eigenvalue weighted by atomic mass is 10.1. The number of nitrogens with zero attached hydrogens (tertiary/aromatic N) is 1. The van der Waals surface area contributed by atoms with Gasteiger partial charge >= 0.3 is 0 Å². The van der Waals surface area contributed by atoms with Crippen LogP contribution in [-0.4, -0.2) is 12.5 Å². The van der Waals surface area contributed by atoms with Gasteiger partial charge in [0, 0.05) is 23.4 Å². The lowest BCUT2D eigenvalue weighted by molar-refractivity contribution is -0.117. The predicted octanol–water partition coefficient (Wildman–Crippen LogP) is 3.13. The highest BCUT2D eigenvalue weighted by atomic mass is 79.9. The van der Waals surface area contributed by atoms with Gasteiger partial charge in [-0.25, -0.2) is 4.39 Å². The van der Waals surface area contributed by atoms with E-state index in [1.807, 2.05) is 0 Å². The summed E-state index contributed by atoms with van der Waals surface area (Å²) in [6.07, 6.45) is 2.22. The molecule has 0 radical (unpaired) electrons. The van der Waals surface area contributed by atoms with E-state index in [2.05, 4.69) is 22.5 Å². The Balaban J connectivity index is 2.34. The van der Waals surface area contributed by atoms with Gasteiger partial charge < -0.3 is 4.90 Å². The molecule has 0 saturated carbocycles. The van der Waals surface area contributed by atoms with E-state index in [1.165, 1.54) is 12.1 Å². The molecule has 0 aromatic heterocycles. The molecule has 16 heavy (non-hydrogen) atoms. The molecule has 1 atom stereocenters. The molecule has 1 amide bonds. The van der Waals surface area contributed by atoms with E-state index < -0.39 is 0 Å². The van der Waals surface area contributed by atoms with Crippen LogP contribution in [0.15, 0.2) is 35.3 Å². The van der Waals surface area contributed by atoms with E-state index in [-0.39, 0.29) is 17.6 Å². The third-order valence-electron chi connectivity index (χ3n) is 2.69. The number of anilines is 1. The Morgan fingerprint density at radius 1 is 1.56 bits per heavy atom. The summed E-state index contributed by atoms with van der Waals surface area (Å²) in [7, 11) is 0. The maximum atomic E-state index is 13.1. The summed E-state index contributed by atoms with van der Waals surface area (Å²) < 4.78 is 13.9. The molecule has 2 rings (SSSR count). The Hall–Kier alpha value is -1.16. The number of hydrogen-bond donors (Lipinski definition) is 0. The number of rotatable bonds is 2. The molecule has 1 aliphatic rings. The van der Waals surface area contributed by atoms with Crippen molar-refractivity contribution in [1.29, 1.82) is 0 Å². The fourth-order valence-corrected chi connectivity index (χ4v) is 2.28. The third kappa shape index (κ3) is 2.02. The van der Waals surface area contributed by atoms with Crippen LogP contribution in [0.2, 0.25) is 0 Å². The van der Waals surface area contributed by atoms with Crippen LogP contribution in [0.5, 0.6) is 0 Å². The van der Waals surface area contributed by atoms with E-state index in [9.17, 15) is 9.18 Å². The molecule has 4 heteroatoms. The molecular weight excluding hydrogens is 273 g/mol. The standard InChI is InChI=1S/C12H11BrFNO/c1-2-8-5-12(16)15(7-8)11-6-9(14)3-4-10(11)13/h2-4,6,8H,1,5,7H2. The summed E-state index contributed by atoms with van der Waals surface area (Å²) >= 11 is 3.32. The van der Waals surface area contributed by atoms with Crippen LogP contribution < -0.4 is 4.90 Å². The molecule has 84 valence electrons. The first-order valence-electron chi connectivity index (χ1n) is 5.00. The highest BCUT2D eigenvalue weighted by Crippen LogP contribution is 2.32. The Labute approximate surface area is 102 Å². The summed E-state index contributed by atoms with van der Waals surface area (Å²) in [5, 5.41) is 0. The summed E-state index contributed by atoms with van der Waals surface area (Å²) in [6.45, 7) is 4.25. The van der Waals surface area contributed by atoms with Crippen LogP contribution in [0, 0.1) is 11.7 Å². The zero-order chi connectivity index (χ0) is 11.7. The monoisotopic (exact) mass is 283 g/mol. The zero-order valence-corrected chi connectivity index (χ0v) is 10.2. The van der Waals surface area contributed by atoms with Crippen LogP contribution in [-0.2, 0) is 4.79 Å². The normalized spacial score (nSPS) is 20.2. The summed E-state index contributed by atoms with van der Waals surface area (Å²) in [6, 6.07) is 4.34. The first kappa shape index (κ1) is 11.3. The second-order valence-electron chi connectivity index (χ2n) is 3.80. The van der Waals surface area contributed by atoms with Crippen molar-refractivity contribution >= 4 is 27.5 Å². The van der Waals surface area contributed by atoms with Crippen LogP contribution in [0.3, 0.4) is 0 Å². The number of amides is 1. The van der Waals surface area contributed by atoms with Crippen LogP contribution in [0.25, 0.3) is 0 Å². The van der Waals surface area contributed by atoms with E-state index in [0.717, 1.165) is 4.47 Å². The number of carbonyl (C=O) groups is 1. The van der Waals surface area contributed by atoms with Gasteiger partial charge in [-0.2, -0.15) is 0 Å². The Morgan fingerprint density at radius 3 is 2.94 bits per heavy atom. The molecule has 1 aliphatic heterocycles. The quantitative estimate of drug-likeness (QED) is 0.764. The lowest BCUT2D eigenvalue weighted by Gasteiger charge is -2.17. The SMILES string of the molecule is C=CC1CC(=O)N(c2cc(F)ccc2Br)C1. The molecule has 1 aromatic rings. The first-order chi connectivity index (χ1) is 7.61. The number of benzene rings is 1. The smallest absolute Gasteiger partial charge is 0.227 e. The zero-order valence-electron chi connectivity index (χ0n) is 8.62. The molecule has 1 fully saturated rings. The van der Waals surface area contributed by atoms with Crippen molar-refractivity contribution in [3.63, 3.8) is 0 Å². The van der Waals surface area contributed by atoms with Gasteiger partial charge in [-0.05, 0) is 34.1 Å². The van der Waals surface area contributed by atoms with E-state index in [1.54, 1.807) is 17.0 Å². The van der Waals surface area contributed by atoms with Crippen LogP contribution in [0.4, 0.5) is 10.1 Å². The Bertz CT molecular complexity index is 447. The van der Waals surface area contributed by atoms with Crippen molar-refractivity contribution < 1.29 is 9.18 Å². The molecule has 0 N–H and O–H groups in total. The highest BCUT2D eigenvalue weighted by molar-refractivity contribution is 9.10. The van der Waals surface area contributed by atoms with Crippen molar-refractivity contribution in [2.24, 2.45) is 5.92 Å². The third-order valence-corrected chi connectivity index (χ3v) is 3.36. The van der Waals surface area contributed by atoms with Gasteiger partial charge in [0.1, 0.15) is 5.82 Å².